The van der Waals surface area contributed by atoms with E-state index in [1.54, 1.807) is 0 Å². The minimum absolute atomic E-state index is 0.0165. The van der Waals surface area contributed by atoms with Crippen molar-refractivity contribution < 1.29 is 9.59 Å². The van der Waals surface area contributed by atoms with E-state index in [1.807, 2.05) is 50.2 Å². The first kappa shape index (κ1) is 20.0. The van der Waals surface area contributed by atoms with Crippen molar-refractivity contribution in [2.45, 2.75) is 50.7 Å². The summed E-state index contributed by atoms with van der Waals surface area (Å²) in [5.41, 5.74) is 3.89. The van der Waals surface area contributed by atoms with Gasteiger partial charge < -0.3 is 10.6 Å². The molecule has 0 aliphatic rings. The molecule has 2 rings (SSSR count). The lowest BCUT2D eigenvalue weighted by molar-refractivity contribution is -0.115. The van der Waals surface area contributed by atoms with Crippen LogP contribution < -0.4 is 10.6 Å². The number of carbonyl (C=O) groups excluding carboxylic acids is 2. The smallest absolute Gasteiger partial charge is 0.237 e. The quantitative estimate of drug-likeness (QED) is 0.688. The Hall–Kier alpha value is -2.27. The number of amides is 2. The van der Waals surface area contributed by atoms with Crippen LogP contribution in [0, 0.1) is 6.92 Å². The molecule has 0 saturated heterocycles. The van der Waals surface area contributed by atoms with Crippen LogP contribution in [0.15, 0.2) is 47.4 Å². The zero-order valence-electron chi connectivity index (χ0n) is 15.9. The molecule has 2 aromatic rings. The fourth-order valence-corrected chi connectivity index (χ4v) is 3.51. The molecule has 0 spiro atoms. The molecule has 1 atom stereocenters. The Balaban J connectivity index is 2.05. The van der Waals surface area contributed by atoms with Gasteiger partial charge >= 0.3 is 0 Å². The third-order valence-electron chi connectivity index (χ3n) is 4.03. The van der Waals surface area contributed by atoms with Crippen molar-refractivity contribution in [2.24, 2.45) is 0 Å². The third kappa shape index (κ3) is 5.36. The van der Waals surface area contributed by atoms with E-state index in [1.165, 1.54) is 18.7 Å². The van der Waals surface area contributed by atoms with Crippen molar-refractivity contribution in [1.29, 1.82) is 0 Å². The number of nitrogens with one attached hydrogen (secondary N) is 2. The van der Waals surface area contributed by atoms with Gasteiger partial charge in [-0.05, 0) is 55.2 Å². The van der Waals surface area contributed by atoms with E-state index in [0.717, 1.165) is 27.4 Å². The van der Waals surface area contributed by atoms with Gasteiger partial charge in [0, 0.05) is 23.2 Å². The number of para-hydroxylation sites is 1. The van der Waals surface area contributed by atoms with Gasteiger partial charge in [-0.3, -0.25) is 9.59 Å². The summed E-state index contributed by atoms with van der Waals surface area (Å²) in [6.45, 7) is 9.64. The molecule has 0 saturated carbocycles. The molecule has 4 nitrogen and oxygen atoms in total. The Bertz CT molecular complexity index is 785. The highest BCUT2D eigenvalue weighted by Gasteiger charge is 2.18. The molecular formula is C21H26N2O2S. The maximum absolute atomic E-state index is 12.7. The lowest BCUT2D eigenvalue weighted by Gasteiger charge is -2.18. The van der Waals surface area contributed by atoms with Gasteiger partial charge in [-0.15, -0.1) is 11.8 Å². The van der Waals surface area contributed by atoms with E-state index in [0.29, 0.717) is 5.92 Å². The molecular weight excluding hydrogens is 344 g/mol. The minimum Gasteiger partial charge on any atom is -0.326 e. The number of anilines is 2. The normalized spacial score (nSPS) is 11.9. The number of thioether (sulfide) groups is 1. The van der Waals surface area contributed by atoms with E-state index < -0.39 is 0 Å². The van der Waals surface area contributed by atoms with E-state index in [4.69, 9.17) is 0 Å². The fraction of sp³-hybridized carbons (Fsp3) is 0.333. The van der Waals surface area contributed by atoms with Crippen molar-refractivity contribution in [3.63, 3.8) is 0 Å². The Morgan fingerprint density at radius 1 is 0.962 bits per heavy atom. The number of hydrogen-bond donors (Lipinski definition) is 2. The summed E-state index contributed by atoms with van der Waals surface area (Å²) in [7, 11) is 0. The second kappa shape index (κ2) is 8.90. The fourth-order valence-electron chi connectivity index (χ4n) is 2.64. The second-order valence-electron chi connectivity index (χ2n) is 6.65. The largest absolute Gasteiger partial charge is 0.326 e. The first-order valence-electron chi connectivity index (χ1n) is 8.72. The van der Waals surface area contributed by atoms with E-state index in [2.05, 4.69) is 30.5 Å². The summed E-state index contributed by atoms with van der Waals surface area (Å²) in [4.78, 5) is 24.7. The summed E-state index contributed by atoms with van der Waals surface area (Å²) < 4.78 is 0. The van der Waals surface area contributed by atoms with Crippen molar-refractivity contribution in [3.05, 3.63) is 53.6 Å². The molecule has 0 radical (unpaired) electrons. The number of rotatable bonds is 6. The Morgan fingerprint density at radius 2 is 1.62 bits per heavy atom. The van der Waals surface area contributed by atoms with E-state index >= 15 is 0 Å². The maximum Gasteiger partial charge on any atom is 0.237 e. The average Bonchev–Trinajstić information content (AvgIpc) is 2.57. The molecule has 0 aromatic heterocycles. The van der Waals surface area contributed by atoms with E-state index in [9.17, 15) is 9.59 Å². The van der Waals surface area contributed by atoms with Crippen molar-refractivity contribution >= 4 is 35.0 Å². The zero-order valence-corrected chi connectivity index (χ0v) is 16.7. The van der Waals surface area contributed by atoms with Crippen LogP contribution in [0.1, 0.15) is 44.7 Å². The molecule has 0 aliphatic carbocycles. The van der Waals surface area contributed by atoms with Crippen molar-refractivity contribution in [2.75, 3.05) is 10.6 Å². The minimum atomic E-state index is -0.235. The van der Waals surface area contributed by atoms with Crippen LogP contribution in [-0.2, 0) is 9.59 Å². The summed E-state index contributed by atoms with van der Waals surface area (Å²) in [6.07, 6.45) is 0. The van der Waals surface area contributed by atoms with Crippen LogP contribution in [0.2, 0.25) is 0 Å². The molecule has 5 heteroatoms. The SMILES string of the molecule is CC(=O)Nc1ccc(S[C@@H](C)C(=O)Nc2c(C)cccc2C(C)C)cc1. The summed E-state index contributed by atoms with van der Waals surface area (Å²) in [5, 5.41) is 5.60. The molecule has 2 N–H and O–H groups in total. The lowest BCUT2D eigenvalue weighted by atomic mass is 9.98. The van der Waals surface area contributed by atoms with Gasteiger partial charge in [0.1, 0.15) is 0 Å². The predicted octanol–water partition coefficient (Wildman–Crippen LogP) is 5.20. The van der Waals surface area contributed by atoms with Gasteiger partial charge in [-0.2, -0.15) is 0 Å². The summed E-state index contributed by atoms with van der Waals surface area (Å²) in [5.74, 6) is 0.226. The van der Waals surface area contributed by atoms with Gasteiger partial charge in [0.2, 0.25) is 11.8 Å². The van der Waals surface area contributed by atoms with Gasteiger partial charge in [-0.1, -0.05) is 32.0 Å². The highest BCUT2D eigenvalue weighted by Crippen LogP contribution is 2.30. The molecule has 0 bridgehead atoms. The van der Waals surface area contributed by atoms with Crippen LogP contribution in [0.5, 0.6) is 0 Å². The molecule has 0 aliphatic heterocycles. The summed E-state index contributed by atoms with van der Waals surface area (Å²) in [6, 6.07) is 13.6. The van der Waals surface area contributed by atoms with E-state index in [-0.39, 0.29) is 17.1 Å². The lowest BCUT2D eigenvalue weighted by Crippen LogP contribution is -2.23. The number of benzene rings is 2. The monoisotopic (exact) mass is 370 g/mol. The highest BCUT2D eigenvalue weighted by molar-refractivity contribution is 8.00. The number of aryl methyl sites for hydroxylation is 1. The molecule has 2 amide bonds. The van der Waals surface area contributed by atoms with Crippen LogP contribution >= 0.6 is 11.8 Å². The highest BCUT2D eigenvalue weighted by atomic mass is 32.2. The molecule has 0 heterocycles. The maximum atomic E-state index is 12.7. The first-order chi connectivity index (χ1) is 12.3. The third-order valence-corrected chi connectivity index (χ3v) is 5.14. The molecule has 2 aromatic carbocycles. The number of hydrogen-bond acceptors (Lipinski definition) is 3. The zero-order chi connectivity index (χ0) is 19.3. The van der Waals surface area contributed by atoms with Crippen LogP contribution in [0.25, 0.3) is 0 Å². The van der Waals surface area contributed by atoms with Crippen molar-refractivity contribution in [3.8, 4) is 0 Å². The molecule has 26 heavy (non-hydrogen) atoms. The van der Waals surface area contributed by atoms with Crippen LogP contribution in [0.4, 0.5) is 11.4 Å². The van der Waals surface area contributed by atoms with Gasteiger partial charge in [-0.25, -0.2) is 0 Å². The summed E-state index contributed by atoms with van der Waals surface area (Å²) >= 11 is 1.49. The average molecular weight is 371 g/mol. The molecule has 0 unspecified atom stereocenters. The van der Waals surface area contributed by atoms with Gasteiger partial charge in [0.05, 0.1) is 5.25 Å². The van der Waals surface area contributed by atoms with Crippen LogP contribution in [0.3, 0.4) is 0 Å². The molecule has 138 valence electrons. The van der Waals surface area contributed by atoms with Crippen molar-refractivity contribution in [1.82, 2.24) is 0 Å². The Morgan fingerprint density at radius 3 is 2.19 bits per heavy atom. The second-order valence-corrected chi connectivity index (χ2v) is 8.06. The van der Waals surface area contributed by atoms with Gasteiger partial charge in [0.25, 0.3) is 0 Å². The van der Waals surface area contributed by atoms with Gasteiger partial charge in [0.15, 0.2) is 0 Å². The predicted molar refractivity (Wildman–Crippen MR) is 110 cm³/mol. The standard InChI is InChI=1S/C21H26N2O2S/c1-13(2)19-8-6-7-14(3)20(19)23-21(25)15(4)26-18-11-9-17(10-12-18)22-16(5)24/h6-13,15H,1-5H3,(H,22,24)(H,23,25)/t15-/m0/s1. The van der Waals surface area contributed by atoms with Crippen LogP contribution in [-0.4, -0.2) is 17.1 Å². The topological polar surface area (TPSA) is 58.2 Å². The molecule has 0 fully saturated rings. The Labute approximate surface area is 159 Å². The number of carbonyl (C=O) groups is 2. The first-order valence-corrected chi connectivity index (χ1v) is 9.60. The Kier molecular flexibility index (Phi) is 6.86.